The lowest BCUT2D eigenvalue weighted by atomic mass is 10.1. The largest absolute Gasteiger partial charge is 0.481 e. The molecule has 6 heteroatoms. The van der Waals surface area contributed by atoms with E-state index in [1.54, 1.807) is 49.4 Å². The Morgan fingerprint density at radius 1 is 1.00 bits per heavy atom. The molecule has 1 N–H and O–H groups in total. The fourth-order valence-corrected chi connectivity index (χ4v) is 3.35. The van der Waals surface area contributed by atoms with Gasteiger partial charge in [-0.3, -0.25) is 9.59 Å². The van der Waals surface area contributed by atoms with Gasteiger partial charge >= 0.3 is 0 Å². The number of anilines is 1. The molecule has 28 heavy (non-hydrogen) atoms. The summed E-state index contributed by atoms with van der Waals surface area (Å²) in [7, 11) is 0. The number of hydrogen-bond acceptors (Lipinski definition) is 3. The molecule has 2 amide bonds. The monoisotopic (exact) mass is 400 g/mol. The molecular weight excluding hydrogens is 376 g/mol. The molecule has 5 nitrogen and oxygen atoms in total. The fourth-order valence-electron chi connectivity index (χ4n) is 3.23. The van der Waals surface area contributed by atoms with E-state index in [1.807, 2.05) is 11.0 Å². The van der Waals surface area contributed by atoms with Crippen LogP contribution in [0.4, 0.5) is 5.69 Å². The Balaban J connectivity index is 1.68. The van der Waals surface area contributed by atoms with Crippen LogP contribution >= 0.6 is 11.6 Å². The summed E-state index contributed by atoms with van der Waals surface area (Å²) in [4.78, 5) is 27.5. The Morgan fingerprint density at radius 3 is 2.32 bits per heavy atom. The van der Waals surface area contributed by atoms with E-state index in [0.717, 1.165) is 38.8 Å². The maximum Gasteiger partial charge on any atom is 0.265 e. The Kier molecular flexibility index (Phi) is 6.93. The summed E-state index contributed by atoms with van der Waals surface area (Å²) in [5.74, 6) is 0.205. The number of rotatable bonds is 5. The molecule has 148 valence electrons. The third-order valence-electron chi connectivity index (χ3n) is 4.80. The van der Waals surface area contributed by atoms with E-state index in [2.05, 4.69) is 5.32 Å². The Morgan fingerprint density at radius 2 is 1.64 bits per heavy atom. The molecule has 1 aliphatic heterocycles. The average molecular weight is 401 g/mol. The van der Waals surface area contributed by atoms with Gasteiger partial charge in [0.2, 0.25) is 0 Å². The number of halogens is 1. The van der Waals surface area contributed by atoms with Crippen LogP contribution < -0.4 is 10.1 Å². The lowest BCUT2D eigenvalue weighted by Gasteiger charge is -2.22. The number of nitrogens with one attached hydrogen (secondary N) is 1. The highest BCUT2D eigenvalue weighted by molar-refractivity contribution is 6.30. The second kappa shape index (κ2) is 9.60. The van der Waals surface area contributed by atoms with Gasteiger partial charge in [0.1, 0.15) is 5.75 Å². The molecule has 1 heterocycles. The van der Waals surface area contributed by atoms with E-state index in [4.69, 9.17) is 16.3 Å². The van der Waals surface area contributed by atoms with Gasteiger partial charge in [0.25, 0.3) is 11.8 Å². The standard InChI is InChI=1S/C22H25ClN2O3/c1-16(28-18-12-10-17(23)11-13-18)21(26)24-20-9-5-4-8-19(20)22(27)25-14-6-2-3-7-15-25/h4-5,8-13,16H,2-3,6-7,14-15H2,1H3,(H,24,26)/t16-/m0/s1. The van der Waals surface area contributed by atoms with E-state index in [0.29, 0.717) is 22.0 Å². The molecule has 2 aromatic rings. The number of amides is 2. The fraction of sp³-hybridized carbons (Fsp3) is 0.364. The van der Waals surface area contributed by atoms with Crippen molar-refractivity contribution in [3.05, 3.63) is 59.1 Å². The molecule has 0 aromatic heterocycles. The van der Waals surface area contributed by atoms with Crippen molar-refractivity contribution in [3.63, 3.8) is 0 Å². The van der Waals surface area contributed by atoms with Gasteiger partial charge in [-0.05, 0) is 56.2 Å². The first-order valence-corrected chi connectivity index (χ1v) is 10.0. The number of nitrogens with zero attached hydrogens (tertiary/aromatic N) is 1. The zero-order valence-corrected chi connectivity index (χ0v) is 16.7. The van der Waals surface area contributed by atoms with Gasteiger partial charge in [-0.1, -0.05) is 36.6 Å². The van der Waals surface area contributed by atoms with Crippen LogP contribution in [0.25, 0.3) is 0 Å². The van der Waals surface area contributed by atoms with E-state index in [-0.39, 0.29) is 11.8 Å². The number of carbonyl (C=O) groups is 2. The Bertz CT molecular complexity index is 815. The molecule has 0 saturated carbocycles. The molecule has 1 aliphatic rings. The zero-order chi connectivity index (χ0) is 19.9. The molecule has 1 saturated heterocycles. The van der Waals surface area contributed by atoms with Crippen LogP contribution in [0.15, 0.2) is 48.5 Å². The van der Waals surface area contributed by atoms with Gasteiger partial charge in [-0.15, -0.1) is 0 Å². The first-order valence-electron chi connectivity index (χ1n) is 9.66. The summed E-state index contributed by atoms with van der Waals surface area (Å²) in [5.41, 5.74) is 1.02. The Labute approximate surface area is 170 Å². The highest BCUT2D eigenvalue weighted by Crippen LogP contribution is 2.21. The van der Waals surface area contributed by atoms with Gasteiger partial charge in [0.15, 0.2) is 6.10 Å². The lowest BCUT2D eigenvalue weighted by molar-refractivity contribution is -0.122. The molecule has 0 aliphatic carbocycles. The molecule has 0 bridgehead atoms. The predicted molar refractivity (Wildman–Crippen MR) is 111 cm³/mol. The van der Waals surface area contributed by atoms with Gasteiger partial charge < -0.3 is 15.0 Å². The summed E-state index contributed by atoms with van der Waals surface area (Å²) < 4.78 is 5.67. The van der Waals surface area contributed by atoms with Crippen molar-refractivity contribution in [2.24, 2.45) is 0 Å². The summed E-state index contributed by atoms with van der Waals surface area (Å²) in [6.07, 6.45) is 3.63. The molecule has 0 radical (unpaired) electrons. The maximum absolute atomic E-state index is 13.0. The number of benzene rings is 2. The van der Waals surface area contributed by atoms with Gasteiger partial charge in [-0.25, -0.2) is 0 Å². The average Bonchev–Trinajstić information content (AvgIpc) is 2.99. The maximum atomic E-state index is 13.0. The predicted octanol–water partition coefficient (Wildman–Crippen LogP) is 4.76. The number of hydrogen-bond donors (Lipinski definition) is 1. The highest BCUT2D eigenvalue weighted by atomic mass is 35.5. The molecule has 1 fully saturated rings. The summed E-state index contributed by atoms with van der Waals surface area (Å²) >= 11 is 5.87. The topological polar surface area (TPSA) is 58.6 Å². The highest BCUT2D eigenvalue weighted by Gasteiger charge is 2.22. The molecule has 0 spiro atoms. The van der Waals surface area contributed by atoms with E-state index < -0.39 is 6.10 Å². The summed E-state index contributed by atoms with van der Waals surface area (Å²) in [6.45, 7) is 3.19. The van der Waals surface area contributed by atoms with Crippen molar-refractivity contribution in [1.29, 1.82) is 0 Å². The molecule has 1 atom stereocenters. The van der Waals surface area contributed by atoms with Crippen LogP contribution in [0, 0.1) is 0 Å². The van der Waals surface area contributed by atoms with E-state index in [1.165, 1.54) is 0 Å². The lowest BCUT2D eigenvalue weighted by Crippen LogP contribution is -2.34. The van der Waals surface area contributed by atoms with E-state index in [9.17, 15) is 9.59 Å². The van der Waals surface area contributed by atoms with Crippen molar-refractivity contribution < 1.29 is 14.3 Å². The zero-order valence-electron chi connectivity index (χ0n) is 16.0. The summed E-state index contributed by atoms with van der Waals surface area (Å²) in [6, 6.07) is 14.0. The first kappa shape index (κ1) is 20.2. The SMILES string of the molecule is C[C@H](Oc1ccc(Cl)cc1)C(=O)Nc1ccccc1C(=O)N1CCCCCC1. The minimum absolute atomic E-state index is 0.0379. The van der Waals surface area contributed by atoms with Crippen LogP contribution in [0.3, 0.4) is 0 Å². The second-order valence-corrected chi connectivity index (χ2v) is 7.39. The normalized spacial score (nSPS) is 15.4. The quantitative estimate of drug-likeness (QED) is 0.786. The van der Waals surface area contributed by atoms with Crippen LogP contribution in [0.2, 0.25) is 5.02 Å². The molecule has 0 unspecified atom stereocenters. The van der Waals surface area contributed by atoms with E-state index >= 15 is 0 Å². The minimum Gasteiger partial charge on any atom is -0.481 e. The van der Waals surface area contributed by atoms with Crippen LogP contribution in [0.1, 0.15) is 43.0 Å². The van der Waals surface area contributed by atoms with Crippen molar-refractivity contribution in [2.45, 2.75) is 38.7 Å². The minimum atomic E-state index is -0.720. The number of para-hydroxylation sites is 1. The van der Waals surface area contributed by atoms with Crippen molar-refractivity contribution >= 4 is 29.1 Å². The molecule has 3 rings (SSSR count). The van der Waals surface area contributed by atoms with Crippen molar-refractivity contribution in [2.75, 3.05) is 18.4 Å². The third-order valence-corrected chi connectivity index (χ3v) is 5.06. The first-order chi connectivity index (χ1) is 13.5. The Hall–Kier alpha value is -2.53. The van der Waals surface area contributed by atoms with Crippen LogP contribution in [0.5, 0.6) is 5.75 Å². The van der Waals surface area contributed by atoms with Crippen molar-refractivity contribution in [3.8, 4) is 5.75 Å². The van der Waals surface area contributed by atoms with Gasteiger partial charge in [0.05, 0.1) is 11.3 Å². The van der Waals surface area contributed by atoms with Crippen LogP contribution in [-0.2, 0) is 4.79 Å². The smallest absolute Gasteiger partial charge is 0.265 e. The number of ether oxygens (including phenoxy) is 1. The number of likely N-dealkylation sites (tertiary alicyclic amines) is 1. The molecular formula is C22H25ClN2O3. The third kappa shape index (κ3) is 5.26. The van der Waals surface area contributed by atoms with Crippen LogP contribution in [-0.4, -0.2) is 35.9 Å². The van der Waals surface area contributed by atoms with Gasteiger partial charge in [0, 0.05) is 18.1 Å². The van der Waals surface area contributed by atoms with Crippen molar-refractivity contribution in [1.82, 2.24) is 4.90 Å². The van der Waals surface area contributed by atoms with Gasteiger partial charge in [-0.2, -0.15) is 0 Å². The second-order valence-electron chi connectivity index (χ2n) is 6.96. The number of carbonyl (C=O) groups excluding carboxylic acids is 2. The molecule has 2 aromatic carbocycles. The summed E-state index contributed by atoms with van der Waals surface area (Å²) in [5, 5.41) is 3.44.